The number of thiazole rings is 1. The van der Waals surface area contributed by atoms with Crippen molar-refractivity contribution in [3.8, 4) is 11.3 Å². The van der Waals surface area contributed by atoms with E-state index in [9.17, 15) is 9.59 Å². The number of benzene rings is 3. The second-order valence-electron chi connectivity index (χ2n) is 7.12. The second-order valence-corrected chi connectivity index (χ2v) is 9.94. The number of nitrogens with zero attached hydrogens (tertiary/aromatic N) is 1. The lowest BCUT2D eigenvalue weighted by Gasteiger charge is -2.08. The molecule has 5 nitrogen and oxygen atoms in total. The fourth-order valence-corrected chi connectivity index (χ4v) is 4.79. The molecule has 2 N–H and O–H groups in total. The molecule has 0 saturated carbocycles. The van der Waals surface area contributed by atoms with E-state index in [1.54, 1.807) is 0 Å². The van der Waals surface area contributed by atoms with Crippen LogP contribution in [-0.2, 0) is 16.0 Å². The fourth-order valence-electron chi connectivity index (χ4n) is 3.04. The van der Waals surface area contributed by atoms with Crippen LogP contribution in [0.15, 0.2) is 93.6 Å². The zero-order valence-electron chi connectivity index (χ0n) is 17.5. The number of hydrogen-bond donors (Lipinski definition) is 2. The number of aromatic nitrogens is 1. The highest BCUT2D eigenvalue weighted by Gasteiger charge is 2.10. The highest BCUT2D eigenvalue weighted by molar-refractivity contribution is 9.10. The average Bonchev–Trinajstić information content (AvgIpc) is 3.27. The average molecular weight is 538 g/mol. The van der Waals surface area contributed by atoms with E-state index < -0.39 is 0 Å². The van der Waals surface area contributed by atoms with Crippen LogP contribution in [0, 0.1) is 0 Å². The van der Waals surface area contributed by atoms with Gasteiger partial charge in [-0.15, -0.1) is 23.1 Å². The lowest BCUT2D eigenvalue weighted by molar-refractivity contribution is -0.115. The van der Waals surface area contributed by atoms with Crippen LogP contribution < -0.4 is 10.6 Å². The molecule has 2 amide bonds. The van der Waals surface area contributed by atoms with E-state index in [2.05, 4.69) is 31.5 Å². The first-order valence-electron chi connectivity index (χ1n) is 10.1. The highest BCUT2D eigenvalue weighted by Crippen LogP contribution is 2.27. The third kappa shape index (κ3) is 7.02. The van der Waals surface area contributed by atoms with Gasteiger partial charge in [0, 0.05) is 26.0 Å². The molecule has 0 fully saturated rings. The van der Waals surface area contributed by atoms with Crippen molar-refractivity contribution in [2.75, 3.05) is 16.4 Å². The van der Waals surface area contributed by atoms with Crippen molar-refractivity contribution in [1.29, 1.82) is 0 Å². The summed E-state index contributed by atoms with van der Waals surface area (Å²) in [6, 6.07) is 25.0. The maximum Gasteiger partial charge on any atom is 0.236 e. The summed E-state index contributed by atoms with van der Waals surface area (Å²) in [5.74, 6) is 0.0379. The molecule has 0 saturated heterocycles. The molecular weight excluding hydrogens is 518 g/mol. The number of amides is 2. The van der Waals surface area contributed by atoms with Gasteiger partial charge in [0.2, 0.25) is 11.8 Å². The lowest BCUT2D eigenvalue weighted by Crippen LogP contribution is -2.14. The van der Waals surface area contributed by atoms with E-state index >= 15 is 0 Å². The summed E-state index contributed by atoms with van der Waals surface area (Å²) >= 11 is 6.23. The topological polar surface area (TPSA) is 71.1 Å². The number of halogens is 1. The van der Waals surface area contributed by atoms with E-state index in [0.29, 0.717) is 17.2 Å². The molecule has 4 aromatic rings. The summed E-state index contributed by atoms with van der Waals surface area (Å²) in [6.45, 7) is 0. The molecule has 0 aliphatic heterocycles. The minimum atomic E-state index is -0.129. The summed E-state index contributed by atoms with van der Waals surface area (Å²) in [5.41, 5.74) is 3.49. The molecule has 0 atom stereocenters. The Hall–Kier alpha value is -2.94. The summed E-state index contributed by atoms with van der Waals surface area (Å²) in [4.78, 5) is 30.1. The number of nitrogens with one attached hydrogen (secondary N) is 2. The molecule has 1 aromatic heterocycles. The summed E-state index contributed by atoms with van der Waals surface area (Å²) in [7, 11) is 0. The van der Waals surface area contributed by atoms with Crippen LogP contribution in [-0.4, -0.2) is 22.6 Å². The van der Waals surface area contributed by atoms with Gasteiger partial charge in [-0.25, -0.2) is 4.98 Å². The number of carbonyl (C=O) groups excluding carboxylic acids is 2. The molecule has 33 heavy (non-hydrogen) atoms. The van der Waals surface area contributed by atoms with Gasteiger partial charge in [-0.3, -0.25) is 9.59 Å². The standard InChI is InChI=1S/C25H20BrN3O2S2/c26-19-11-9-18(10-12-19)22-15-33-25(28-22)29-24(31)16-32-21-8-4-7-20(14-21)27-23(30)13-17-5-2-1-3-6-17/h1-12,14-15H,13,16H2,(H,27,30)(H,28,29,31). The first-order valence-corrected chi connectivity index (χ1v) is 12.8. The Kier molecular flexibility index (Phi) is 7.93. The van der Waals surface area contributed by atoms with Crippen molar-refractivity contribution in [3.63, 3.8) is 0 Å². The molecule has 0 bridgehead atoms. The minimum absolute atomic E-state index is 0.0774. The van der Waals surface area contributed by atoms with Crippen LogP contribution in [0.5, 0.6) is 0 Å². The monoisotopic (exact) mass is 537 g/mol. The number of hydrogen-bond acceptors (Lipinski definition) is 5. The number of rotatable bonds is 8. The molecule has 0 unspecified atom stereocenters. The molecular formula is C25H20BrN3O2S2. The summed E-state index contributed by atoms with van der Waals surface area (Å²) in [6.07, 6.45) is 0.316. The van der Waals surface area contributed by atoms with E-state index in [1.807, 2.05) is 84.2 Å². The Balaban J connectivity index is 1.28. The molecule has 166 valence electrons. The van der Waals surface area contributed by atoms with Gasteiger partial charge >= 0.3 is 0 Å². The van der Waals surface area contributed by atoms with Crippen LogP contribution in [0.1, 0.15) is 5.56 Å². The first-order chi connectivity index (χ1) is 16.0. The van der Waals surface area contributed by atoms with Crippen LogP contribution in [0.3, 0.4) is 0 Å². The smallest absolute Gasteiger partial charge is 0.236 e. The number of carbonyl (C=O) groups is 2. The van der Waals surface area contributed by atoms with Crippen molar-refractivity contribution in [3.05, 3.63) is 94.3 Å². The van der Waals surface area contributed by atoms with Gasteiger partial charge in [0.25, 0.3) is 0 Å². The molecule has 1 heterocycles. The SMILES string of the molecule is O=C(Cc1ccccc1)Nc1cccc(SCC(=O)Nc2nc(-c3ccc(Br)cc3)cs2)c1. The van der Waals surface area contributed by atoms with Crippen LogP contribution in [0.25, 0.3) is 11.3 Å². The third-order valence-electron chi connectivity index (χ3n) is 4.59. The predicted octanol–water partition coefficient (Wildman–Crippen LogP) is 6.48. The van der Waals surface area contributed by atoms with Crippen LogP contribution >= 0.6 is 39.0 Å². The van der Waals surface area contributed by atoms with E-state index in [4.69, 9.17) is 0 Å². The normalized spacial score (nSPS) is 10.6. The number of thioether (sulfide) groups is 1. The maximum atomic E-state index is 12.4. The van der Waals surface area contributed by atoms with Gasteiger partial charge in [0.15, 0.2) is 5.13 Å². The second kappa shape index (κ2) is 11.3. The van der Waals surface area contributed by atoms with E-state index in [0.717, 1.165) is 26.2 Å². The zero-order valence-corrected chi connectivity index (χ0v) is 20.7. The highest BCUT2D eigenvalue weighted by atomic mass is 79.9. The lowest BCUT2D eigenvalue weighted by atomic mass is 10.1. The van der Waals surface area contributed by atoms with Crippen LogP contribution in [0.2, 0.25) is 0 Å². The maximum absolute atomic E-state index is 12.4. The Morgan fingerprint density at radius 3 is 2.48 bits per heavy atom. The minimum Gasteiger partial charge on any atom is -0.326 e. The third-order valence-corrected chi connectivity index (χ3v) is 6.87. The fraction of sp³-hybridized carbons (Fsp3) is 0.0800. The van der Waals surface area contributed by atoms with Gasteiger partial charge in [-0.2, -0.15) is 0 Å². The van der Waals surface area contributed by atoms with Gasteiger partial charge in [-0.05, 0) is 35.9 Å². The van der Waals surface area contributed by atoms with Gasteiger partial charge in [0.1, 0.15) is 0 Å². The van der Waals surface area contributed by atoms with E-state index in [1.165, 1.54) is 23.1 Å². The van der Waals surface area contributed by atoms with Crippen molar-refractivity contribution in [2.45, 2.75) is 11.3 Å². The predicted molar refractivity (Wildman–Crippen MR) is 140 cm³/mol. The molecule has 0 aliphatic rings. The van der Waals surface area contributed by atoms with Gasteiger partial charge < -0.3 is 10.6 Å². The van der Waals surface area contributed by atoms with Crippen molar-refractivity contribution < 1.29 is 9.59 Å². The van der Waals surface area contributed by atoms with Crippen molar-refractivity contribution in [1.82, 2.24) is 4.98 Å². The molecule has 0 spiro atoms. The summed E-state index contributed by atoms with van der Waals surface area (Å²) in [5, 5.41) is 8.27. The number of anilines is 2. The Labute approximate surface area is 208 Å². The summed E-state index contributed by atoms with van der Waals surface area (Å²) < 4.78 is 1.01. The van der Waals surface area contributed by atoms with Crippen molar-refractivity contribution in [2.24, 2.45) is 0 Å². The molecule has 0 aliphatic carbocycles. The Bertz CT molecular complexity index is 1240. The quantitative estimate of drug-likeness (QED) is 0.252. The molecule has 8 heteroatoms. The Morgan fingerprint density at radius 1 is 0.909 bits per heavy atom. The molecule has 0 radical (unpaired) electrons. The van der Waals surface area contributed by atoms with Crippen molar-refractivity contribution >= 4 is 61.7 Å². The molecule has 4 rings (SSSR count). The van der Waals surface area contributed by atoms with Gasteiger partial charge in [0.05, 0.1) is 17.9 Å². The largest absolute Gasteiger partial charge is 0.326 e. The zero-order chi connectivity index (χ0) is 23.0. The van der Waals surface area contributed by atoms with E-state index in [-0.39, 0.29) is 17.6 Å². The van der Waals surface area contributed by atoms with Crippen LogP contribution in [0.4, 0.5) is 10.8 Å². The molecule has 3 aromatic carbocycles. The van der Waals surface area contributed by atoms with Gasteiger partial charge in [-0.1, -0.05) is 64.5 Å². The Morgan fingerprint density at radius 2 is 1.70 bits per heavy atom. The first kappa shape index (κ1) is 23.2.